The lowest BCUT2D eigenvalue weighted by Crippen LogP contribution is -1.95. The first kappa shape index (κ1) is 15.8. The molecule has 21 heavy (non-hydrogen) atoms. The van der Waals surface area contributed by atoms with Gasteiger partial charge >= 0.3 is 0 Å². The van der Waals surface area contributed by atoms with E-state index in [2.05, 4.69) is 38.1 Å². The zero-order valence-corrected chi connectivity index (χ0v) is 13.1. The Morgan fingerprint density at radius 2 is 1.43 bits per heavy atom. The summed E-state index contributed by atoms with van der Waals surface area (Å²) in [6, 6.07) is 15.4. The van der Waals surface area contributed by atoms with Crippen LogP contribution in [0.5, 0.6) is 0 Å². The predicted octanol–water partition coefficient (Wildman–Crippen LogP) is 6.25. The van der Waals surface area contributed by atoms with E-state index in [9.17, 15) is 4.39 Å². The predicted molar refractivity (Wildman–Crippen MR) is 88.8 cm³/mol. The van der Waals surface area contributed by atoms with Gasteiger partial charge in [-0.05, 0) is 47.6 Å². The Labute approximate surface area is 128 Å². The van der Waals surface area contributed by atoms with Crippen LogP contribution in [0.3, 0.4) is 0 Å². The molecule has 0 aromatic heterocycles. The van der Waals surface area contributed by atoms with Gasteiger partial charge in [0.05, 0.1) is 0 Å². The van der Waals surface area contributed by atoms with E-state index in [-0.39, 0.29) is 5.82 Å². The molecule has 0 fully saturated rings. The first-order valence-corrected chi connectivity index (χ1v) is 8.04. The molecule has 2 rings (SSSR count). The van der Waals surface area contributed by atoms with E-state index >= 15 is 0 Å². The van der Waals surface area contributed by atoms with Crippen LogP contribution in [-0.2, 0) is 6.42 Å². The molecule has 0 aliphatic heterocycles. The number of halogens is 1. The van der Waals surface area contributed by atoms with Gasteiger partial charge in [-0.3, -0.25) is 0 Å². The first-order valence-electron chi connectivity index (χ1n) is 8.04. The van der Waals surface area contributed by atoms with Crippen molar-refractivity contribution in [3.8, 4) is 11.1 Å². The van der Waals surface area contributed by atoms with E-state index in [0.717, 1.165) is 23.5 Å². The minimum Gasteiger partial charge on any atom is -0.207 e. The van der Waals surface area contributed by atoms with Crippen LogP contribution in [0.2, 0.25) is 0 Å². The molecule has 0 spiro atoms. The zero-order valence-electron chi connectivity index (χ0n) is 13.1. The topological polar surface area (TPSA) is 0 Å². The third-order valence-electron chi connectivity index (χ3n) is 4.08. The van der Waals surface area contributed by atoms with Crippen LogP contribution < -0.4 is 0 Å². The second kappa shape index (κ2) is 7.97. The average molecular weight is 284 g/mol. The van der Waals surface area contributed by atoms with E-state index in [1.807, 2.05) is 12.1 Å². The van der Waals surface area contributed by atoms with Crippen molar-refractivity contribution >= 4 is 0 Å². The molecule has 0 aliphatic carbocycles. The van der Waals surface area contributed by atoms with Crippen molar-refractivity contribution in [2.24, 2.45) is 5.92 Å². The van der Waals surface area contributed by atoms with Gasteiger partial charge in [0.1, 0.15) is 5.82 Å². The second-order valence-corrected chi connectivity index (χ2v) is 5.99. The lowest BCUT2D eigenvalue weighted by atomic mass is 9.96. The normalized spacial score (nSPS) is 12.3. The summed E-state index contributed by atoms with van der Waals surface area (Å²) in [5, 5.41) is 0. The highest BCUT2D eigenvalue weighted by atomic mass is 19.1. The van der Waals surface area contributed by atoms with Gasteiger partial charge in [0.15, 0.2) is 0 Å². The van der Waals surface area contributed by atoms with E-state index in [0.29, 0.717) is 0 Å². The quantitative estimate of drug-likeness (QED) is 0.563. The highest BCUT2D eigenvalue weighted by molar-refractivity contribution is 5.63. The largest absolute Gasteiger partial charge is 0.207 e. The molecule has 0 saturated carbocycles. The van der Waals surface area contributed by atoms with Crippen molar-refractivity contribution in [1.29, 1.82) is 0 Å². The molecule has 0 aliphatic rings. The van der Waals surface area contributed by atoms with E-state index in [1.165, 1.54) is 43.4 Å². The summed E-state index contributed by atoms with van der Waals surface area (Å²) in [4.78, 5) is 0. The molecule has 0 bridgehead atoms. The van der Waals surface area contributed by atoms with Gasteiger partial charge in [0.25, 0.3) is 0 Å². The minimum absolute atomic E-state index is 0.184. The summed E-state index contributed by atoms with van der Waals surface area (Å²) in [7, 11) is 0. The van der Waals surface area contributed by atoms with Crippen LogP contribution in [0.1, 0.15) is 45.1 Å². The maximum Gasteiger partial charge on any atom is 0.123 e. The van der Waals surface area contributed by atoms with Crippen LogP contribution in [0.15, 0.2) is 48.5 Å². The molecule has 2 aromatic carbocycles. The third kappa shape index (κ3) is 5.00. The van der Waals surface area contributed by atoms with Gasteiger partial charge in [-0.2, -0.15) is 0 Å². The minimum atomic E-state index is -0.184. The number of benzene rings is 2. The van der Waals surface area contributed by atoms with Crippen molar-refractivity contribution in [2.75, 3.05) is 0 Å². The highest BCUT2D eigenvalue weighted by Gasteiger charge is 2.02. The molecule has 1 unspecified atom stereocenters. The number of hydrogen-bond donors (Lipinski definition) is 0. The van der Waals surface area contributed by atoms with Crippen molar-refractivity contribution in [1.82, 2.24) is 0 Å². The molecule has 0 amide bonds. The van der Waals surface area contributed by atoms with Crippen molar-refractivity contribution < 1.29 is 4.39 Å². The second-order valence-electron chi connectivity index (χ2n) is 5.99. The Morgan fingerprint density at radius 3 is 2.00 bits per heavy atom. The molecule has 0 heterocycles. The Hall–Kier alpha value is -1.63. The third-order valence-corrected chi connectivity index (χ3v) is 4.08. The van der Waals surface area contributed by atoms with Crippen LogP contribution in [0.4, 0.5) is 4.39 Å². The van der Waals surface area contributed by atoms with Gasteiger partial charge in [-0.15, -0.1) is 0 Å². The Kier molecular flexibility index (Phi) is 5.98. The maximum atomic E-state index is 12.9. The Balaban J connectivity index is 1.88. The number of hydrogen-bond acceptors (Lipinski definition) is 0. The van der Waals surface area contributed by atoms with E-state index < -0.39 is 0 Å². The van der Waals surface area contributed by atoms with Gasteiger partial charge in [-0.1, -0.05) is 69.5 Å². The molecule has 2 aromatic rings. The fourth-order valence-electron chi connectivity index (χ4n) is 2.80. The molecular formula is C20H25F. The van der Waals surface area contributed by atoms with Crippen LogP contribution in [-0.4, -0.2) is 0 Å². The summed E-state index contributed by atoms with van der Waals surface area (Å²) in [6.07, 6.45) is 6.35. The number of aryl methyl sites for hydroxylation is 1. The molecule has 0 radical (unpaired) electrons. The lowest BCUT2D eigenvalue weighted by molar-refractivity contribution is 0.469. The smallest absolute Gasteiger partial charge is 0.123 e. The fraction of sp³-hybridized carbons (Fsp3) is 0.400. The lowest BCUT2D eigenvalue weighted by Gasteiger charge is -2.09. The summed E-state index contributed by atoms with van der Waals surface area (Å²) in [5.41, 5.74) is 3.61. The SMILES string of the molecule is CCCC(C)CCCc1ccc(-c2ccc(F)cc2)cc1. The van der Waals surface area contributed by atoms with Crippen LogP contribution in [0, 0.1) is 11.7 Å². The fourth-order valence-corrected chi connectivity index (χ4v) is 2.80. The molecule has 1 atom stereocenters. The molecular weight excluding hydrogens is 259 g/mol. The van der Waals surface area contributed by atoms with Gasteiger partial charge in [0.2, 0.25) is 0 Å². The monoisotopic (exact) mass is 284 g/mol. The van der Waals surface area contributed by atoms with E-state index in [4.69, 9.17) is 0 Å². The summed E-state index contributed by atoms with van der Waals surface area (Å²) in [5.74, 6) is 0.657. The van der Waals surface area contributed by atoms with Gasteiger partial charge in [0, 0.05) is 0 Å². The molecule has 0 nitrogen and oxygen atoms in total. The van der Waals surface area contributed by atoms with Crippen molar-refractivity contribution in [3.63, 3.8) is 0 Å². The summed E-state index contributed by atoms with van der Waals surface area (Å²) >= 11 is 0. The van der Waals surface area contributed by atoms with Crippen molar-refractivity contribution in [2.45, 2.75) is 46.0 Å². The van der Waals surface area contributed by atoms with Crippen LogP contribution >= 0.6 is 0 Å². The standard InChI is InChI=1S/C20H25F/c1-3-5-16(2)6-4-7-17-8-10-18(11-9-17)19-12-14-20(21)15-13-19/h8-16H,3-7H2,1-2H3. The first-order chi connectivity index (χ1) is 10.2. The van der Waals surface area contributed by atoms with Crippen molar-refractivity contribution in [3.05, 3.63) is 59.9 Å². The average Bonchev–Trinajstić information content (AvgIpc) is 2.49. The van der Waals surface area contributed by atoms with E-state index in [1.54, 1.807) is 0 Å². The zero-order chi connectivity index (χ0) is 15.1. The van der Waals surface area contributed by atoms with Gasteiger partial charge in [-0.25, -0.2) is 4.39 Å². The maximum absolute atomic E-state index is 12.9. The summed E-state index contributed by atoms with van der Waals surface area (Å²) in [6.45, 7) is 4.60. The van der Waals surface area contributed by atoms with Gasteiger partial charge < -0.3 is 0 Å². The highest BCUT2D eigenvalue weighted by Crippen LogP contribution is 2.21. The molecule has 1 heteroatoms. The molecule has 112 valence electrons. The Bertz CT molecular complexity index is 525. The molecule has 0 N–H and O–H groups in total. The Morgan fingerprint density at radius 1 is 0.857 bits per heavy atom. The number of rotatable bonds is 7. The van der Waals surface area contributed by atoms with Crippen LogP contribution in [0.25, 0.3) is 11.1 Å². The molecule has 0 saturated heterocycles. The summed E-state index contributed by atoms with van der Waals surface area (Å²) < 4.78 is 12.9.